The van der Waals surface area contributed by atoms with Crippen LogP contribution in [0.15, 0.2) is 54.6 Å². The zero-order valence-electron chi connectivity index (χ0n) is 16.4. The number of hydrogen-bond acceptors (Lipinski definition) is 5. The van der Waals surface area contributed by atoms with Gasteiger partial charge in [0.05, 0.1) is 0 Å². The van der Waals surface area contributed by atoms with Crippen LogP contribution in [0.4, 0.5) is 11.5 Å². The number of nitrogen functional groups attached to an aromatic ring is 1. The molecule has 29 heavy (non-hydrogen) atoms. The van der Waals surface area contributed by atoms with Gasteiger partial charge in [-0.2, -0.15) is 0 Å². The zero-order chi connectivity index (χ0) is 20.8. The molecule has 3 rings (SSSR count). The number of hydrogen-bond donors (Lipinski definition) is 3. The van der Waals surface area contributed by atoms with E-state index in [1.807, 2.05) is 54.6 Å². The molecular weight excluding hydrogens is 368 g/mol. The van der Waals surface area contributed by atoms with Crippen LogP contribution in [0.5, 0.6) is 0 Å². The molecule has 0 atom stereocenters. The molecule has 8 nitrogen and oxygen atoms in total. The Balaban J connectivity index is 1.58. The fraction of sp³-hybridized carbons (Fsp3) is 0.238. The van der Waals surface area contributed by atoms with Crippen LogP contribution in [-0.4, -0.2) is 26.8 Å². The van der Waals surface area contributed by atoms with Gasteiger partial charge in [0.15, 0.2) is 11.5 Å². The molecule has 2 aromatic carbocycles. The molecular formula is C21H24N6O2. The molecule has 1 heterocycles. The molecule has 150 valence electrons. The lowest BCUT2D eigenvalue weighted by atomic mass is 10.0. The van der Waals surface area contributed by atoms with Crippen molar-refractivity contribution >= 4 is 23.3 Å². The number of aromatic nitrogens is 3. The standard InChI is InChI=1S/C21H24N6O2/c1-14(2)16-8-10-17(11-9-16)24-18(28)13-27-20(22)19(25-26-27)21(29)23-12-15-6-4-3-5-7-15/h3-11,14H,12-13,22H2,1-2H3,(H,23,29)(H,24,28). The molecule has 2 amide bonds. The molecule has 0 bridgehead atoms. The van der Waals surface area contributed by atoms with E-state index < -0.39 is 5.91 Å². The third kappa shape index (κ3) is 5.19. The lowest BCUT2D eigenvalue weighted by Crippen LogP contribution is -2.25. The first-order valence-corrected chi connectivity index (χ1v) is 9.35. The summed E-state index contributed by atoms with van der Waals surface area (Å²) in [5.41, 5.74) is 8.78. The number of nitrogens with two attached hydrogens (primary N) is 1. The molecule has 0 fully saturated rings. The number of nitrogens with zero attached hydrogens (tertiary/aromatic N) is 3. The second-order valence-electron chi connectivity index (χ2n) is 6.97. The Morgan fingerprint density at radius 1 is 1.07 bits per heavy atom. The molecule has 8 heteroatoms. The molecule has 1 aromatic heterocycles. The van der Waals surface area contributed by atoms with Crippen LogP contribution in [0.25, 0.3) is 0 Å². The minimum atomic E-state index is -0.442. The Labute approximate surface area is 169 Å². The Morgan fingerprint density at radius 3 is 2.41 bits per heavy atom. The minimum absolute atomic E-state index is 0.00461. The normalized spacial score (nSPS) is 10.7. The zero-order valence-corrected chi connectivity index (χ0v) is 16.4. The topological polar surface area (TPSA) is 115 Å². The van der Waals surface area contributed by atoms with Gasteiger partial charge in [0.1, 0.15) is 6.54 Å². The average molecular weight is 392 g/mol. The summed E-state index contributed by atoms with van der Waals surface area (Å²) in [7, 11) is 0. The van der Waals surface area contributed by atoms with Crippen LogP contribution in [0.1, 0.15) is 41.4 Å². The molecule has 0 aliphatic heterocycles. The largest absolute Gasteiger partial charge is 0.382 e. The van der Waals surface area contributed by atoms with E-state index in [0.717, 1.165) is 5.56 Å². The molecule has 3 aromatic rings. The van der Waals surface area contributed by atoms with Crippen molar-refractivity contribution in [3.63, 3.8) is 0 Å². The summed E-state index contributed by atoms with van der Waals surface area (Å²) in [6.45, 7) is 4.42. The summed E-state index contributed by atoms with van der Waals surface area (Å²) in [5.74, 6) is -0.292. The lowest BCUT2D eigenvalue weighted by molar-refractivity contribution is -0.116. The molecule has 0 unspecified atom stereocenters. The quantitative estimate of drug-likeness (QED) is 0.572. The van der Waals surface area contributed by atoms with Crippen LogP contribution in [0.3, 0.4) is 0 Å². The van der Waals surface area contributed by atoms with E-state index in [2.05, 4.69) is 34.8 Å². The summed E-state index contributed by atoms with van der Waals surface area (Å²) >= 11 is 0. The number of amides is 2. The summed E-state index contributed by atoms with van der Waals surface area (Å²) in [6.07, 6.45) is 0. The van der Waals surface area contributed by atoms with Crippen molar-refractivity contribution in [1.82, 2.24) is 20.3 Å². The number of carbonyl (C=O) groups excluding carboxylic acids is 2. The number of anilines is 2. The van der Waals surface area contributed by atoms with Crippen molar-refractivity contribution in [3.05, 3.63) is 71.4 Å². The van der Waals surface area contributed by atoms with Gasteiger partial charge in [-0.05, 0) is 29.2 Å². The Kier molecular flexibility index (Phi) is 6.23. The van der Waals surface area contributed by atoms with Gasteiger partial charge in [-0.3, -0.25) is 9.59 Å². The molecule has 0 aliphatic rings. The third-order valence-corrected chi connectivity index (χ3v) is 4.44. The van der Waals surface area contributed by atoms with E-state index in [1.54, 1.807) is 0 Å². The van der Waals surface area contributed by atoms with E-state index in [9.17, 15) is 9.59 Å². The maximum atomic E-state index is 12.3. The van der Waals surface area contributed by atoms with E-state index in [1.165, 1.54) is 10.2 Å². The summed E-state index contributed by atoms with van der Waals surface area (Å²) in [5, 5.41) is 13.2. The van der Waals surface area contributed by atoms with E-state index >= 15 is 0 Å². The molecule has 0 saturated carbocycles. The number of benzene rings is 2. The maximum absolute atomic E-state index is 12.3. The van der Waals surface area contributed by atoms with Gasteiger partial charge in [-0.1, -0.05) is 61.5 Å². The second kappa shape index (κ2) is 9.01. The fourth-order valence-corrected chi connectivity index (χ4v) is 2.75. The number of rotatable bonds is 7. The van der Waals surface area contributed by atoms with Gasteiger partial charge in [-0.25, -0.2) is 4.68 Å². The minimum Gasteiger partial charge on any atom is -0.382 e. The average Bonchev–Trinajstić information content (AvgIpc) is 3.07. The highest BCUT2D eigenvalue weighted by molar-refractivity contribution is 5.96. The smallest absolute Gasteiger partial charge is 0.275 e. The Morgan fingerprint density at radius 2 is 1.76 bits per heavy atom. The van der Waals surface area contributed by atoms with Crippen molar-refractivity contribution in [2.45, 2.75) is 32.9 Å². The first-order valence-electron chi connectivity index (χ1n) is 9.35. The van der Waals surface area contributed by atoms with Gasteiger partial charge in [0, 0.05) is 12.2 Å². The Hall–Kier alpha value is -3.68. The Bertz CT molecular complexity index is 980. The predicted molar refractivity (Wildman–Crippen MR) is 111 cm³/mol. The monoisotopic (exact) mass is 392 g/mol. The lowest BCUT2D eigenvalue weighted by Gasteiger charge is -2.09. The van der Waals surface area contributed by atoms with Gasteiger partial charge in [0.2, 0.25) is 5.91 Å². The van der Waals surface area contributed by atoms with Crippen LogP contribution in [0.2, 0.25) is 0 Å². The predicted octanol–water partition coefficient (Wildman–Crippen LogP) is 2.55. The molecule has 0 radical (unpaired) electrons. The van der Waals surface area contributed by atoms with Crippen molar-refractivity contribution in [1.29, 1.82) is 0 Å². The third-order valence-electron chi connectivity index (χ3n) is 4.44. The van der Waals surface area contributed by atoms with Crippen molar-refractivity contribution in [3.8, 4) is 0 Å². The van der Waals surface area contributed by atoms with E-state index in [-0.39, 0.29) is 24.0 Å². The van der Waals surface area contributed by atoms with Gasteiger partial charge in [-0.15, -0.1) is 5.10 Å². The van der Waals surface area contributed by atoms with Crippen molar-refractivity contribution in [2.24, 2.45) is 0 Å². The number of nitrogens with one attached hydrogen (secondary N) is 2. The van der Waals surface area contributed by atoms with Crippen LogP contribution < -0.4 is 16.4 Å². The van der Waals surface area contributed by atoms with Crippen LogP contribution in [-0.2, 0) is 17.9 Å². The second-order valence-corrected chi connectivity index (χ2v) is 6.97. The number of carbonyl (C=O) groups is 2. The molecule has 0 spiro atoms. The highest BCUT2D eigenvalue weighted by atomic mass is 16.2. The SMILES string of the molecule is CC(C)c1ccc(NC(=O)Cn2nnc(C(=O)NCc3ccccc3)c2N)cc1. The van der Waals surface area contributed by atoms with Gasteiger partial charge >= 0.3 is 0 Å². The highest BCUT2D eigenvalue weighted by Crippen LogP contribution is 2.17. The van der Waals surface area contributed by atoms with E-state index in [0.29, 0.717) is 18.2 Å². The molecule has 4 N–H and O–H groups in total. The fourth-order valence-electron chi connectivity index (χ4n) is 2.75. The molecule has 0 saturated heterocycles. The van der Waals surface area contributed by atoms with Crippen molar-refractivity contribution < 1.29 is 9.59 Å². The first kappa shape index (κ1) is 20.1. The van der Waals surface area contributed by atoms with Crippen LogP contribution in [0, 0.1) is 0 Å². The summed E-state index contributed by atoms with van der Waals surface area (Å²) < 4.78 is 1.20. The first-order chi connectivity index (χ1) is 13.9. The summed E-state index contributed by atoms with van der Waals surface area (Å²) in [6, 6.07) is 17.1. The van der Waals surface area contributed by atoms with E-state index in [4.69, 9.17) is 5.73 Å². The maximum Gasteiger partial charge on any atom is 0.275 e. The van der Waals surface area contributed by atoms with Gasteiger partial charge < -0.3 is 16.4 Å². The van der Waals surface area contributed by atoms with Crippen LogP contribution >= 0.6 is 0 Å². The summed E-state index contributed by atoms with van der Waals surface area (Å²) in [4.78, 5) is 24.6. The van der Waals surface area contributed by atoms with Gasteiger partial charge in [0.25, 0.3) is 5.91 Å². The van der Waals surface area contributed by atoms with Crippen molar-refractivity contribution in [2.75, 3.05) is 11.1 Å². The molecule has 0 aliphatic carbocycles. The highest BCUT2D eigenvalue weighted by Gasteiger charge is 2.18.